The number of hydrogen-bond donors (Lipinski definition) is 2. The maximum atomic E-state index is 10.4. The number of nitrogen functional groups attached to an aromatic ring is 1. The van der Waals surface area contributed by atoms with Crippen LogP contribution in [0.5, 0.6) is 0 Å². The van der Waals surface area contributed by atoms with Crippen LogP contribution in [-0.4, -0.2) is 5.91 Å². The average molecular weight is 211 g/mol. The Morgan fingerprint density at radius 2 is 2.21 bits per heavy atom. The molecule has 1 amide bonds. The van der Waals surface area contributed by atoms with Crippen molar-refractivity contribution in [3.8, 4) is 0 Å². The first-order valence-corrected chi connectivity index (χ1v) is 4.47. The summed E-state index contributed by atoms with van der Waals surface area (Å²) < 4.78 is 0. The maximum absolute atomic E-state index is 10.4. The molecule has 0 unspecified atom stereocenters. The van der Waals surface area contributed by atoms with E-state index in [1.807, 2.05) is 6.07 Å². The molecule has 0 atom stereocenters. The highest BCUT2D eigenvalue weighted by Crippen LogP contribution is 2.20. The molecule has 0 saturated heterocycles. The Hall–Kier alpha value is -1.48. The van der Waals surface area contributed by atoms with E-state index in [4.69, 9.17) is 23.1 Å². The van der Waals surface area contributed by atoms with Crippen LogP contribution in [0.2, 0.25) is 5.02 Å². The second-order valence-electron chi connectivity index (χ2n) is 2.85. The summed E-state index contributed by atoms with van der Waals surface area (Å²) in [6.45, 7) is 0. The van der Waals surface area contributed by atoms with Crippen molar-refractivity contribution in [3.63, 3.8) is 0 Å². The minimum Gasteiger partial charge on any atom is -0.398 e. The second kappa shape index (κ2) is 4.67. The fraction of sp³-hybridized carbons (Fsp3) is 0.100. The molecule has 0 saturated carbocycles. The second-order valence-corrected chi connectivity index (χ2v) is 3.26. The molecule has 4 heteroatoms. The summed E-state index contributed by atoms with van der Waals surface area (Å²) >= 11 is 5.80. The van der Waals surface area contributed by atoms with Gasteiger partial charge >= 0.3 is 0 Å². The summed E-state index contributed by atoms with van der Waals surface area (Å²) in [5.74, 6) is -0.359. The van der Waals surface area contributed by atoms with Gasteiger partial charge < -0.3 is 11.5 Å². The third-order valence-electron chi connectivity index (χ3n) is 1.65. The monoisotopic (exact) mass is 210 g/mol. The van der Waals surface area contributed by atoms with Crippen LogP contribution in [0.3, 0.4) is 0 Å². The SMILES string of the molecule is NC(=O)CC=Cc1ccc(N)c(Cl)c1. The maximum Gasteiger partial charge on any atom is 0.221 e. The Morgan fingerprint density at radius 1 is 1.50 bits per heavy atom. The van der Waals surface area contributed by atoms with E-state index in [1.54, 1.807) is 24.3 Å². The van der Waals surface area contributed by atoms with Crippen molar-refractivity contribution < 1.29 is 4.79 Å². The van der Waals surface area contributed by atoms with Gasteiger partial charge in [-0.1, -0.05) is 29.8 Å². The normalized spacial score (nSPS) is 10.6. The lowest BCUT2D eigenvalue weighted by atomic mass is 10.2. The summed E-state index contributed by atoms with van der Waals surface area (Å²) in [5, 5.41) is 0.506. The van der Waals surface area contributed by atoms with Crippen molar-refractivity contribution in [2.45, 2.75) is 6.42 Å². The van der Waals surface area contributed by atoms with Crippen LogP contribution in [-0.2, 0) is 4.79 Å². The standard InChI is InChI=1S/C10H11ClN2O/c11-8-6-7(4-5-9(8)12)2-1-3-10(13)14/h1-2,4-6H,3,12H2,(H2,13,14). The first-order valence-electron chi connectivity index (χ1n) is 4.09. The summed E-state index contributed by atoms with van der Waals surface area (Å²) in [4.78, 5) is 10.4. The van der Waals surface area contributed by atoms with Gasteiger partial charge in [0.25, 0.3) is 0 Å². The topological polar surface area (TPSA) is 69.1 Å². The number of primary amides is 1. The Balaban J connectivity index is 2.73. The molecular formula is C10H11ClN2O. The lowest BCUT2D eigenvalue weighted by molar-refractivity contribution is -0.117. The molecule has 4 N–H and O–H groups in total. The van der Waals surface area contributed by atoms with Crippen molar-refractivity contribution in [2.24, 2.45) is 5.73 Å². The van der Waals surface area contributed by atoms with Crippen molar-refractivity contribution >= 4 is 29.3 Å². The average Bonchev–Trinajstić information content (AvgIpc) is 2.10. The summed E-state index contributed by atoms with van der Waals surface area (Å²) in [6.07, 6.45) is 3.68. The zero-order chi connectivity index (χ0) is 10.6. The van der Waals surface area contributed by atoms with Gasteiger partial charge in [0.1, 0.15) is 0 Å². The fourth-order valence-corrected chi connectivity index (χ4v) is 1.15. The van der Waals surface area contributed by atoms with Crippen molar-refractivity contribution in [2.75, 3.05) is 5.73 Å². The number of rotatable bonds is 3. The molecule has 0 aliphatic heterocycles. The number of anilines is 1. The molecule has 0 radical (unpaired) electrons. The molecule has 14 heavy (non-hydrogen) atoms. The van der Waals surface area contributed by atoms with Crippen LogP contribution < -0.4 is 11.5 Å². The molecule has 1 aromatic rings. The molecule has 0 aliphatic carbocycles. The Kier molecular flexibility index (Phi) is 3.54. The minimum atomic E-state index is -0.359. The Bertz CT molecular complexity index is 374. The molecule has 1 aromatic carbocycles. The summed E-state index contributed by atoms with van der Waals surface area (Å²) in [6, 6.07) is 5.26. The number of nitrogens with two attached hydrogens (primary N) is 2. The van der Waals surface area contributed by atoms with E-state index in [1.165, 1.54) is 0 Å². The number of halogens is 1. The predicted octanol–water partition coefficient (Wildman–Crippen LogP) is 1.81. The number of hydrogen-bond acceptors (Lipinski definition) is 2. The van der Waals surface area contributed by atoms with Crippen LogP contribution in [0.4, 0.5) is 5.69 Å². The van der Waals surface area contributed by atoms with Crippen molar-refractivity contribution in [1.29, 1.82) is 0 Å². The number of amides is 1. The predicted molar refractivity (Wildman–Crippen MR) is 58.7 cm³/mol. The van der Waals surface area contributed by atoms with E-state index in [9.17, 15) is 4.79 Å². The van der Waals surface area contributed by atoms with Crippen LogP contribution >= 0.6 is 11.6 Å². The van der Waals surface area contributed by atoms with Crippen molar-refractivity contribution in [3.05, 3.63) is 34.9 Å². The minimum absolute atomic E-state index is 0.224. The first kappa shape index (κ1) is 10.6. The van der Waals surface area contributed by atoms with Gasteiger partial charge in [-0.15, -0.1) is 0 Å². The quantitative estimate of drug-likeness (QED) is 0.748. The zero-order valence-corrected chi connectivity index (χ0v) is 8.29. The van der Waals surface area contributed by atoms with Gasteiger partial charge in [-0.25, -0.2) is 0 Å². The molecule has 0 aromatic heterocycles. The molecule has 0 fully saturated rings. The Labute approximate surface area is 87.3 Å². The molecule has 0 spiro atoms. The van der Waals surface area contributed by atoms with E-state index in [-0.39, 0.29) is 12.3 Å². The van der Waals surface area contributed by atoms with E-state index < -0.39 is 0 Å². The van der Waals surface area contributed by atoms with E-state index in [0.29, 0.717) is 10.7 Å². The molecule has 1 rings (SSSR count). The van der Waals surface area contributed by atoms with Gasteiger partial charge in [-0.3, -0.25) is 4.79 Å². The lowest BCUT2D eigenvalue weighted by Crippen LogP contribution is -2.07. The molecular weight excluding hydrogens is 200 g/mol. The van der Waals surface area contributed by atoms with Crippen LogP contribution in [0, 0.1) is 0 Å². The molecule has 3 nitrogen and oxygen atoms in total. The third-order valence-corrected chi connectivity index (χ3v) is 1.98. The van der Waals surface area contributed by atoms with Crippen LogP contribution in [0.1, 0.15) is 12.0 Å². The molecule has 74 valence electrons. The molecule has 0 bridgehead atoms. The molecule has 0 aliphatic rings. The van der Waals surface area contributed by atoms with Gasteiger partial charge in [0, 0.05) is 6.42 Å². The van der Waals surface area contributed by atoms with Gasteiger partial charge in [0.2, 0.25) is 5.91 Å². The summed E-state index contributed by atoms with van der Waals surface area (Å²) in [5.41, 5.74) is 11.9. The van der Waals surface area contributed by atoms with Gasteiger partial charge in [-0.05, 0) is 17.7 Å². The van der Waals surface area contributed by atoms with Crippen LogP contribution in [0.15, 0.2) is 24.3 Å². The number of carbonyl (C=O) groups is 1. The number of benzene rings is 1. The smallest absolute Gasteiger partial charge is 0.221 e. The van der Waals surface area contributed by atoms with E-state index in [0.717, 1.165) is 5.56 Å². The highest BCUT2D eigenvalue weighted by Gasteiger charge is 1.95. The van der Waals surface area contributed by atoms with Gasteiger partial charge in [-0.2, -0.15) is 0 Å². The van der Waals surface area contributed by atoms with Gasteiger partial charge in [0.15, 0.2) is 0 Å². The van der Waals surface area contributed by atoms with Gasteiger partial charge in [0.05, 0.1) is 10.7 Å². The largest absolute Gasteiger partial charge is 0.398 e. The first-order chi connectivity index (χ1) is 6.59. The molecule has 0 heterocycles. The fourth-order valence-electron chi connectivity index (χ4n) is 0.958. The van der Waals surface area contributed by atoms with E-state index in [2.05, 4.69) is 0 Å². The van der Waals surface area contributed by atoms with E-state index >= 15 is 0 Å². The van der Waals surface area contributed by atoms with Crippen LogP contribution in [0.25, 0.3) is 6.08 Å². The summed E-state index contributed by atoms with van der Waals surface area (Å²) in [7, 11) is 0. The Morgan fingerprint density at radius 3 is 2.79 bits per heavy atom. The number of carbonyl (C=O) groups excluding carboxylic acids is 1. The highest BCUT2D eigenvalue weighted by atomic mass is 35.5. The lowest BCUT2D eigenvalue weighted by Gasteiger charge is -1.98. The zero-order valence-electron chi connectivity index (χ0n) is 7.53. The third kappa shape index (κ3) is 3.11. The van der Waals surface area contributed by atoms with Crippen molar-refractivity contribution in [1.82, 2.24) is 0 Å². The highest BCUT2D eigenvalue weighted by molar-refractivity contribution is 6.33.